The number of alkyl halides is 1. The molecule has 1 aromatic rings. The van der Waals surface area contributed by atoms with Gasteiger partial charge in [-0.3, -0.25) is 0 Å². The van der Waals surface area contributed by atoms with Gasteiger partial charge in [0.05, 0.1) is 16.7 Å². The summed E-state index contributed by atoms with van der Waals surface area (Å²) in [7, 11) is 1.48. The molecule has 0 aliphatic carbocycles. The lowest BCUT2D eigenvalue weighted by atomic mass is 9.92. The zero-order valence-electron chi connectivity index (χ0n) is 10.4. The Labute approximate surface area is 117 Å². The van der Waals surface area contributed by atoms with Crippen LogP contribution in [0, 0.1) is 0 Å². The number of nitrogens with two attached hydrogens (primary N) is 1. The van der Waals surface area contributed by atoms with Crippen molar-refractivity contribution in [3.63, 3.8) is 0 Å². The Morgan fingerprint density at radius 3 is 2.72 bits per heavy atom. The van der Waals surface area contributed by atoms with Crippen LogP contribution in [0.4, 0.5) is 4.39 Å². The fourth-order valence-electron chi connectivity index (χ4n) is 1.92. The standard InChI is InChI=1S/C13H18Cl2FNO/c1-18-9-13(16,6-3-7-17)8-10-4-2-5-11(14)12(10)15/h2,4-5H,3,6-9,17H2,1H3. The van der Waals surface area contributed by atoms with Crippen molar-refractivity contribution in [1.82, 2.24) is 0 Å². The van der Waals surface area contributed by atoms with E-state index in [2.05, 4.69) is 0 Å². The summed E-state index contributed by atoms with van der Waals surface area (Å²) in [5, 5.41) is 0.845. The maximum atomic E-state index is 14.7. The average Bonchev–Trinajstić information content (AvgIpc) is 2.33. The number of methoxy groups -OCH3 is 1. The van der Waals surface area contributed by atoms with Gasteiger partial charge in [0.2, 0.25) is 0 Å². The lowest BCUT2D eigenvalue weighted by molar-refractivity contribution is 0.0334. The highest BCUT2D eigenvalue weighted by Crippen LogP contribution is 2.31. The summed E-state index contributed by atoms with van der Waals surface area (Å²) >= 11 is 12.0. The highest BCUT2D eigenvalue weighted by Gasteiger charge is 2.30. The molecule has 0 aliphatic heterocycles. The van der Waals surface area contributed by atoms with Crippen molar-refractivity contribution in [2.45, 2.75) is 24.9 Å². The van der Waals surface area contributed by atoms with E-state index in [0.29, 0.717) is 35.0 Å². The van der Waals surface area contributed by atoms with Crippen LogP contribution in [-0.2, 0) is 11.2 Å². The van der Waals surface area contributed by atoms with Crippen LogP contribution in [0.1, 0.15) is 18.4 Å². The van der Waals surface area contributed by atoms with E-state index in [-0.39, 0.29) is 13.0 Å². The summed E-state index contributed by atoms with van der Waals surface area (Å²) in [6.45, 7) is 0.481. The minimum atomic E-state index is -1.46. The van der Waals surface area contributed by atoms with Gasteiger partial charge in [-0.15, -0.1) is 0 Å². The summed E-state index contributed by atoms with van der Waals surface area (Å²) in [6, 6.07) is 5.23. The second-order valence-corrected chi connectivity index (χ2v) is 5.15. The van der Waals surface area contributed by atoms with Gasteiger partial charge in [-0.2, -0.15) is 0 Å². The maximum absolute atomic E-state index is 14.7. The van der Waals surface area contributed by atoms with Crippen molar-refractivity contribution >= 4 is 23.2 Å². The first-order valence-corrected chi connectivity index (χ1v) is 6.59. The zero-order chi connectivity index (χ0) is 13.6. The third-order valence-corrected chi connectivity index (χ3v) is 3.63. The third kappa shape index (κ3) is 4.39. The molecule has 1 aromatic carbocycles. The van der Waals surface area contributed by atoms with E-state index in [1.807, 2.05) is 0 Å². The largest absolute Gasteiger partial charge is 0.381 e. The van der Waals surface area contributed by atoms with E-state index < -0.39 is 5.67 Å². The summed E-state index contributed by atoms with van der Waals surface area (Å²) in [6.07, 6.45) is 1.14. The molecule has 0 fully saturated rings. The van der Waals surface area contributed by atoms with Crippen LogP contribution in [0.3, 0.4) is 0 Å². The summed E-state index contributed by atoms with van der Waals surface area (Å²) in [4.78, 5) is 0. The fourth-order valence-corrected chi connectivity index (χ4v) is 2.30. The van der Waals surface area contributed by atoms with Crippen molar-refractivity contribution in [2.75, 3.05) is 20.3 Å². The van der Waals surface area contributed by atoms with Gasteiger partial charge in [0.25, 0.3) is 0 Å². The van der Waals surface area contributed by atoms with Crippen molar-refractivity contribution in [3.05, 3.63) is 33.8 Å². The van der Waals surface area contributed by atoms with E-state index in [9.17, 15) is 4.39 Å². The van der Waals surface area contributed by atoms with Crippen LogP contribution in [0.15, 0.2) is 18.2 Å². The first-order valence-electron chi connectivity index (χ1n) is 5.83. The van der Waals surface area contributed by atoms with Crippen LogP contribution in [-0.4, -0.2) is 25.9 Å². The molecule has 102 valence electrons. The molecule has 0 saturated carbocycles. The molecule has 0 amide bonds. The molecule has 0 radical (unpaired) electrons. The number of hydrogen-bond acceptors (Lipinski definition) is 2. The Hall–Kier alpha value is -0.350. The Bertz CT molecular complexity index is 389. The summed E-state index contributed by atoms with van der Waals surface area (Å²) in [5.41, 5.74) is 4.66. The van der Waals surface area contributed by atoms with Crippen LogP contribution in [0.25, 0.3) is 0 Å². The van der Waals surface area contributed by atoms with Gasteiger partial charge in [0.1, 0.15) is 5.67 Å². The highest BCUT2D eigenvalue weighted by molar-refractivity contribution is 6.42. The Morgan fingerprint density at radius 1 is 1.39 bits per heavy atom. The van der Waals surface area contributed by atoms with E-state index in [4.69, 9.17) is 33.7 Å². The molecule has 0 spiro atoms. The Balaban J connectivity index is 2.85. The van der Waals surface area contributed by atoms with Crippen LogP contribution in [0.5, 0.6) is 0 Å². The average molecular weight is 294 g/mol. The smallest absolute Gasteiger partial charge is 0.138 e. The van der Waals surface area contributed by atoms with E-state index in [1.165, 1.54) is 7.11 Å². The lowest BCUT2D eigenvalue weighted by Crippen LogP contribution is -2.32. The van der Waals surface area contributed by atoms with Gasteiger partial charge in [0.15, 0.2) is 0 Å². The van der Waals surface area contributed by atoms with Crippen LogP contribution in [0.2, 0.25) is 10.0 Å². The number of halogens is 3. The van der Waals surface area contributed by atoms with E-state index in [1.54, 1.807) is 18.2 Å². The van der Waals surface area contributed by atoms with Crippen LogP contribution < -0.4 is 5.73 Å². The number of ether oxygens (including phenoxy) is 1. The quantitative estimate of drug-likeness (QED) is 0.833. The highest BCUT2D eigenvalue weighted by atomic mass is 35.5. The molecule has 18 heavy (non-hydrogen) atoms. The van der Waals surface area contributed by atoms with Crippen molar-refractivity contribution in [1.29, 1.82) is 0 Å². The van der Waals surface area contributed by atoms with Gasteiger partial charge in [-0.05, 0) is 31.0 Å². The van der Waals surface area contributed by atoms with Gasteiger partial charge in [0, 0.05) is 13.5 Å². The second kappa shape index (κ2) is 7.29. The molecule has 2 N–H and O–H groups in total. The molecule has 0 bridgehead atoms. The minimum Gasteiger partial charge on any atom is -0.381 e. The normalized spacial score (nSPS) is 14.5. The Morgan fingerprint density at radius 2 is 2.11 bits per heavy atom. The zero-order valence-corrected chi connectivity index (χ0v) is 11.9. The topological polar surface area (TPSA) is 35.2 Å². The number of hydrogen-bond donors (Lipinski definition) is 1. The van der Waals surface area contributed by atoms with E-state index >= 15 is 0 Å². The molecular formula is C13H18Cl2FNO. The van der Waals surface area contributed by atoms with Crippen molar-refractivity contribution < 1.29 is 9.13 Å². The van der Waals surface area contributed by atoms with E-state index in [0.717, 1.165) is 0 Å². The molecule has 0 aromatic heterocycles. The molecular weight excluding hydrogens is 276 g/mol. The fraction of sp³-hybridized carbons (Fsp3) is 0.538. The first kappa shape index (κ1) is 15.7. The molecule has 0 saturated heterocycles. The van der Waals surface area contributed by atoms with Gasteiger partial charge in [-0.25, -0.2) is 4.39 Å². The molecule has 2 nitrogen and oxygen atoms in total. The monoisotopic (exact) mass is 293 g/mol. The van der Waals surface area contributed by atoms with Gasteiger partial charge in [-0.1, -0.05) is 35.3 Å². The van der Waals surface area contributed by atoms with Gasteiger partial charge < -0.3 is 10.5 Å². The van der Waals surface area contributed by atoms with Crippen molar-refractivity contribution in [2.24, 2.45) is 5.73 Å². The predicted molar refractivity (Wildman–Crippen MR) is 74.2 cm³/mol. The molecule has 0 heterocycles. The summed E-state index contributed by atoms with van der Waals surface area (Å²) in [5.74, 6) is 0. The molecule has 1 atom stereocenters. The number of rotatable bonds is 7. The number of benzene rings is 1. The molecule has 0 aliphatic rings. The first-order chi connectivity index (χ1) is 8.52. The molecule has 1 rings (SSSR count). The van der Waals surface area contributed by atoms with Crippen LogP contribution >= 0.6 is 23.2 Å². The summed E-state index contributed by atoms with van der Waals surface area (Å²) < 4.78 is 19.6. The SMILES string of the molecule is COCC(F)(CCCN)Cc1cccc(Cl)c1Cl. The van der Waals surface area contributed by atoms with Gasteiger partial charge >= 0.3 is 0 Å². The molecule has 1 unspecified atom stereocenters. The second-order valence-electron chi connectivity index (χ2n) is 4.37. The predicted octanol–water partition coefficient (Wildman–Crippen LogP) is 3.63. The minimum absolute atomic E-state index is 0.0237. The van der Waals surface area contributed by atoms with Crippen molar-refractivity contribution in [3.8, 4) is 0 Å². The Kier molecular flexibility index (Phi) is 6.36. The maximum Gasteiger partial charge on any atom is 0.138 e. The molecule has 5 heteroatoms. The lowest BCUT2D eigenvalue weighted by Gasteiger charge is -2.25. The third-order valence-electron chi connectivity index (χ3n) is 2.77.